The minimum absolute atomic E-state index is 0. The van der Waals surface area contributed by atoms with Gasteiger partial charge in [-0.05, 0) is 49.4 Å². The van der Waals surface area contributed by atoms with E-state index in [0.29, 0.717) is 5.92 Å². The fourth-order valence-corrected chi connectivity index (χ4v) is 2.65. The van der Waals surface area contributed by atoms with Gasteiger partial charge in [0.15, 0.2) is 0 Å². The SMILES string of the molecule is CSc1ccc(CN2CCC(CN)C2)cc1.Cl. The second kappa shape index (κ2) is 7.27. The summed E-state index contributed by atoms with van der Waals surface area (Å²) in [6.07, 6.45) is 3.38. The molecule has 1 saturated heterocycles. The van der Waals surface area contributed by atoms with Crippen molar-refractivity contribution in [3.8, 4) is 0 Å². The lowest BCUT2D eigenvalue weighted by Gasteiger charge is -2.15. The van der Waals surface area contributed by atoms with Crippen LogP contribution in [-0.2, 0) is 6.54 Å². The maximum absolute atomic E-state index is 5.70. The summed E-state index contributed by atoms with van der Waals surface area (Å²) in [5, 5.41) is 0. The predicted octanol–water partition coefficient (Wildman–Crippen LogP) is 2.61. The third-order valence-electron chi connectivity index (χ3n) is 3.27. The minimum Gasteiger partial charge on any atom is -0.330 e. The Labute approximate surface area is 114 Å². The first-order valence-corrected chi connectivity index (χ1v) is 7.09. The zero-order valence-electron chi connectivity index (χ0n) is 10.3. The number of rotatable bonds is 4. The quantitative estimate of drug-likeness (QED) is 0.855. The van der Waals surface area contributed by atoms with Gasteiger partial charge in [0.05, 0.1) is 0 Å². The third kappa shape index (κ3) is 4.18. The van der Waals surface area contributed by atoms with E-state index in [-0.39, 0.29) is 12.4 Å². The van der Waals surface area contributed by atoms with Gasteiger partial charge < -0.3 is 5.73 Å². The molecule has 0 spiro atoms. The lowest BCUT2D eigenvalue weighted by atomic mass is 10.1. The van der Waals surface area contributed by atoms with Gasteiger partial charge in [-0.15, -0.1) is 24.2 Å². The summed E-state index contributed by atoms with van der Waals surface area (Å²) in [4.78, 5) is 3.84. The molecule has 1 heterocycles. The monoisotopic (exact) mass is 272 g/mol. The average molecular weight is 273 g/mol. The molecule has 0 aliphatic carbocycles. The molecule has 2 rings (SSSR count). The number of benzene rings is 1. The Hall–Kier alpha value is -0.220. The number of halogens is 1. The van der Waals surface area contributed by atoms with Gasteiger partial charge >= 0.3 is 0 Å². The van der Waals surface area contributed by atoms with Crippen molar-refractivity contribution in [3.05, 3.63) is 29.8 Å². The first-order valence-electron chi connectivity index (χ1n) is 5.87. The molecule has 0 bridgehead atoms. The first kappa shape index (κ1) is 14.8. The van der Waals surface area contributed by atoms with E-state index in [4.69, 9.17) is 5.73 Å². The van der Waals surface area contributed by atoms with Gasteiger partial charge in [0.2, 0.25) is 0 Å². The van der Waals surface area contributed by atoms with Crippen LogP contribution >= 0.6 is 24.2 Å². The highest BCUT2D eigenvalue weighted by Crippen LogP contribution is 2.19. The summed E-state index contributed by atoms with van der Waals surface area (Å²) >= 11 is 1.79. The standard InChI is InChI=1S/C13H20N2S.ClH/c1-16-13-4-2-11(3-5-13)9-15-7-6-12(8-14)10-15;/h2-5,12H,6-10,14H2,1H3;1H. The van der Waals surface area contributed by atoms with E-state index in [1.54, 1.807) is 11.8 Å². The Balaban J connectivity index is 0.00000144. The molecule has 1 atom stereocenters. The maximum Gasteiger partial charge on any atom is 0.0233 e. The van der Waals surface area contributed by atoms with Gasteiger partial charge in [-0.25, -0.2) is 0 Å². The molecular formula is C13H21ClN2S. The number of nitrogens with two attached hydrogens (primary N) is 1. The van der Waals surface area contributed by atoms with Crippen molar-refractivity contribution in [1.29, 1.82) is 0 Å². The van der Waals surface area contributed by atoms with Crippen molar-refractivity contribution in [3.63, 3.8) is 0 Å². The molecule has 96 valence electrons. The second-order valence-electron chi connectivity index (χ2n) is 4.47. The number of thioether (sulfide) groups is 1. The molecule has 1 fully saturated rings. The van der Waals surface area contributed by atoms with Crippen LogP contribution in [0.4, 0.5) is 0 Å². The smallest absolute Gasteiger partial charge is 0.0233 e. The Morgan fingerprint density at radius 1 is 1.35 bits per heavy atom. The van der Waals surface area contributed by atoms with E-state index < -0.39 is 0 Å². The lowest BCUT2D eigenvalue weighted by Crippen LogP contribution is -2.22. The predicted molar refractivity (Wildman–Crippen MR) is 77.9 cm³/mol. The van der Waals surface area contributed by atoms with E-state index in [1.165, 1.54) is 30.0 Å². The normalized spacial score (nSPS) is 20.2. The van der Waals surface area contributed by atoms with Crippen LogP contribution in [0.5, 0.6) is 0 Å². The zero-order chi connectivity index (χ0) is 11.4. The van der Waals surface area contributed by atoms with Crippen molar-refractivity contribution in [2.45, 2.75) is 17.9 Å². The van der Waals surface area contributed by atoms with E-state index in [0.717, 1.165) is 13.1 Å². The van der Waals surface area contributed by atoms with Crippen molar-refractivity contribution in [1.82, 2.24) is 4.90 Å². The fraction of sp³-hybridized carbons (Fsp3) is 0.538. The van der Waals surface area contributed by atoms with Crippen LogP contribution in [0, 0.1) is 5.92 Å². The Morgan fingerprint density at radius 2 is 2.06 bits per heavy atom. The van der Waals surface area contributed by atoms with Gasteiger partial charge in [0, 0.05) is 18.0 Å². The van der Waals surface area contributed by atoms with Gasteiger partial charge in [-0.1, -0.05) is 12.1 Å². The van der Waals surface area contributed by atoms with Gasteiger partial charge in [0.1, 0.15) is 0 Å². The Morgan fingerprint density at radius 3 is 2.59 bits per heavy atom. The third-order valence-corrected chi connectivity index (χ3v) is 4.01. The Kier molecular flexibility index (Phi) is 6.34. The van der Waals surface area contributed by atoms with Gasteiger partial charge in [-0.2, -0.15) is 0 Å². The lowest BCUT2D eigenvalue weighted by molar-refractivity contribution is 0.318. The van der Waals surface area contributed by atoms with Gasteiger partial charge in [-0.3, -0.25) is 4.90 Å². The summed E-state index contributed by atoms with van der Waals surface area (Å²) < 4.78 is 0. The number of likely N-dealkylation sites (tertiary alicyclic amines) is 1. The molecule has 1 aliphatic heterocycles. The van der Waals surface area contributed by atoms with Crippen LogP contribution in [0.2, 0.25) is 0 Å². The summed E-state index contributed by atoms with van der Waals surface area (Å²) in [5.74, 6) is 0.713. The van der Waals surface area contributed by atoms with E-state index in [9.17, 15) is 0 Å². The van der Waals surface area contributed by atoms with E-state index in [2.05, 4.69) is 35.4 Å². The van der Waals surface area contributed by atoms with Crippen LogP contribution in [0.25, 0.3) is 0 Å². The van der Waals surface area contributed by atoms with E-state index >= 15 is 0 Å². The molecule has 2 N–H and O–H groups in total. The summed E-state index contributed by atoms with van der Waals surface area (Å²) in [7, 11) is 0. The van der Waals surface area contributed by atoms with Crippen molar-refractivity contribution >= 4 is 24.2 Å². The molecule has 1 aromatic carbocycles. The van der Waals surface area contributed by atoms with Crippen LogP contribution in [0.15, 0.2) is 29.2 Å². The number of nitrogens with zero attached hydrogens (tertiary/aromatic N) is 1. The summed E-state index contributed by atoms with van der Waals surface area (Å²) in [6.45, 7) is 4.28. The van der Waals surface area contributed by atoms with Crippen LogP contribution in [0.1, 0.15) is 12.0 Å². The molecular weight excluding hydrogens is 252 g/mol. The largest absolute Gasteiger partial charge is 0.330 e. The second-order valence-corrected chi connectivity index (χ2v) is 5.35. The molecule has 0 aromatic heterocycles. The van der Waals surface area contributed by atoms with Crippen LogP contribution < -0.4 is 5.73 Å². The van der Waals surface area contributed by atoms with Gasteiger partial charge in [0.25, 0.3) is 0 Å². The molecule has 1 aliphatic rings. The molecule has 0 amide bonds. The molecule has 1 unspecified atom stereocenters. The number of hydrogen-bond donors (Lipinski definition) is 1. The highest BCUT2D eigenvalue weighted by Gasteiger charge is 2.20. The fourth-order valence-electron chi connectivity index (χ4n) is 2.24. The van der Waals surface area contributed by atoms with E-state index in [1.807, 2.05) is 0 Å². The number of hydrogen-bond acceptors (Lipinski definition) is 3. The molecule has 1 aromatic rings. The molecule has 2 nitrogen and oxygen atoms in total. The molecule has 4 heteroatoms. The van der Waals surface area contributed by atoms with Crippen molar-refractivity contribution in [2.75, 3.05) is 25.9 Å². The highest BCUT2D eigenvalue weighted by atomic mass is 35.5. The van der Waals surface area contributed by atoms with Crippen LogP contribution in [0.3, 0.4) is 0 Å². The Bertz CT molecular complexity index is 329. The topological polar surface area (TPSA) is 29.3 Å². The average Bonchev–Trinajstić information content (AvgIpc) is 2.78. The minimum atomic E-state index is 0. The molecule has 0 saturated carbocycles. The zero-order valence-corrected chi connectivity index (χ0v) is 11.9. The van der Waals surface area contributed by atoms with Crippen molar-refractivity contribution in [2.24, 2.45) is 11.7 Å². The maximum atomic E-state index is 5.70. The van der Waals surface area contributed by atoms with Crippen molar-refractivity contribution < 1.29 is 0 Å². The molecule has 0 radical (unpaired) electrons. The summed E-state index contributed by atoms with van der Waals surface area (Å²) in [5.41, 5.74) is 7.11. The molecule has 17 heavy (non-hydrogen) atoms. The highest BCUT2D eigenvalue weighted by molar-refractivity contribution is 7.98. The van der Waals surface area contributed by atoms with Crippen LogP contribution in [-0.4, -0.2) is 30.8 Å². The summed E-state index contributed by atoms with van der Waals surface area (Å²) in [6, 6.07) is 8.89. The first-order chi connectivity index (χ1) is 7.81.